The first-order chi connectivity index (χ1) is 19.3. The number of hydrogen-bond acceptors (Lipinski definition) is 7. The number of H-pyrrole nitrogens is 2. The number of nitrogens with one attached hydrogen (secondary N) is 2. The Morgan fingerprint density at radius 1 is 1.07 bits per heavy atom. The lowest BCUT2D eigenvalue weighted by Gasteiger charge is -2.30. The Morgan fingerprint density at radius 3 is 2.73 bits per heavy atom. The maximum atomic E-state index is 14.3. The molecule has 0 radical (unpaired) electrons. The Bertz CT molecular complexity index is 1580. The van der Waals surface area contributed by atoms with E-state index in [4.69, 9.17) is 9.47 Å². The first-order valence-corrected chi connectivity index (χ1v) is 13.8. The molecule has 6 rings (SSSR count). The number of aromatic amines is 2. The Labute approximate surface area is 232 Å². The van der Waals surface area contributed by atoms with Gasteiger partial charge < -0.3 is 24.3 Å². The van der Waals surface area contributed by atoms with Crippen molar-refractivity contribution in [2.75, 3.05) is 38.2 Å². The number of aromatic nitrogens is 4. The number of hydrogen-bond donors (Lipinski definition) is 2. The Balaban J connectivity index is 1.18. The van der Waals surface area contributed by atoms with Crippen molar-refractivity contribution in [2.24, 2.45) is 5.41 Å². The second kappa shape index (κ2) is 10.3. The summed E-state index contributed by atoms with van der Waals surface area (Å²) in [5.41, 5.74) is 2.81. The number of imidazole rings is 1. The zero-order valence-electron chi connectivity index (χ0n) is 23.2. The van der Waals surface area contributed by atoms with Crippen LogP contribution in [0.3, 0.4) is 0 Å². The van der Waals surface area contributed by atoms with Crippen LogP contribution in [-0.4, -0.2) is 58.1 Å². The SMILES string of the molecule is CCC(C)(OC)c1cc(F)ccc1Oc1cncnc1N1CCC2(CCN(Cc3ccc4[nH]c(=O)[nH]c4c3)C2)C1. The molecule has 2 saturated heterocycles. The van der Waals surface area contributed by atoms with E-state index in [9.17, 15) is 9.18 Å². The molecule has 2 atom stereocenters. The van der Waals surface area contributed by atoms with E-state index in [2.05, 4.69) is 41.9 Å². The fourth-order valence-electron chi connectivity index (χ4n) is 6.24. The number of methoxy groups -OCH3 is 1. The molecule has 2 aliphatic rings. The summed E-state index contributed by atoms with van der Waals surface area (Å²) in [6.07, 6.45) is 6.06. The lowest BCUT2D eigenvalue weighted by atomic mass is 9.86. The molecule has 0 aliphatic carbocycles. The molecule has 4 heterocycles. The van der Waals surface area contributed by atoms with Gasteiger partial charge in [-0.25, -0.2) is 19.2 Å². The van der Waals surface area contributed by atoms with E-state index in [1.165, 1.54) is 17.7 Å². The molecule has 2 aromatic heterocycles. The van der Waals surface area contributed by atoms with E-state index >= 15 is 0 Å². The van der Waals surface area contributed by atoms with Crippen LogP contribution in [0, 0.1) is 11.2 Å². The van der Waals surface area contributed by atoms with Gasteiger partial charge in [0.15, 0.2) is 11.6 Å². The van der Waals surface area contributed by atoms with E-state index in [-0.39, 0.29) is 16.9 Å². The highest BCUT2D eigenvalue weighted by Crippen LogP contribution is 2.44. The quantitative estimate of drug-likeness (QED) is 0.323. The third-order valence-corrected chi connectivity index (χ3v) is 8.76. The molecule has 2 N–H and O–H groups in total. The first kappa shape index (κ1) is 26.5. The van der Waals surface area contributed by atoms with Gasteiger partial charge in [0, 0.05) is 44.3 Å². The number of rotatable bonds is 8. The van der Waals surface area contributed by atoms with Crippen molar-refractivity contribution in [2.45, 2.75) is 45.3 Å². The van der Waals surface area contributed by atoms with Gasteiger partial charge in [-0.2, -0.15) is 0 Å². The molecule has 0 saturated carbocycles. The van der Waals surface area contributed by atoms with E-state index in [1.807, 2.05) is 19.9 Å². The summed E-state index contributed by atoms with van der Waals surface area (Å²) in [5.74, 6) is 1.49. The summed E-state index contributed by atoms with van der Waals surface area (Å²) in [7, 11) is 1.63. The molecule has 2 aromatic carbocycles. The van der Waals surface area contributed by atoms with Gasteiger partial charge in [0.05, 0.1) is 22.8 Å². The fraction of sp³-hybridized carbons (Fsp3) is 0.433. The van der Waals surface area contributed by atoms with Gasteiger partial charge in [-0.3, -0.25) is 4.90 Å². The fourth-order valence-corrected chi connectivity index (χ4v) is 6.24. The van der Waals surface area contributed by atoms with E-state index in [0.717, 1.165) is 62.4 Å². The maximum absolute atomic E-state index is 14.3. The second-order valence-electron chi connectivity index (χ2n) is 11.3. The Kier molecular flexibility index (Phi) is 6.83. The summed E-state index contributed by atoms with van der Waals surface area (Å²) in [4.78, 5) is 30.9. The van der Waals surface area contributed by atoms with Gasteiger partial charge in [0.2, 0.25) is 0 Å². The number of halogens is 1. The van der Waals surface area contributed by atoms with Gasteiger partial charge in [0.25, 0.3) is 0 Å². The largest absolute Gasteiger partial charge is 0.451 e. The van der Waals surface area contributed by atoms with E-state index in [0.29, 0.717) is 23.5 Å². The molecule has 0 amide bonds. The topological polar surface area (TPSA) is 99.4 Å². The lowest BCUT2D eigenvalue weighted by molar-refractivity contribution is -0.00310. The second-order valence-corrected chi connectivity index (χ2v) is 11.3. The molecule has 1 spiro atoms. The smallest absolute Gasteiger partial charge is 0.323 e. The van der Waals surface area contributed by atoms with Gasteiger partial charge in [0.1, 0.15) is 17.9 Å². The summed E-state index contributed by atoms with van der Waals surface area (Å²) in [6, 6.07) is 10.6. The van der Waals surface area contributed by atoms with Crippen molar-refractivity contribution in [3.63, 3.8) is 0 Å². The predicted molar refractivity (Wildman–Crippen MR) is 151 cm³/mol. The zero-order valence-corrected chi connectivity index (χ0v) is 23.2. The van der Waals surface area contributed by atoms with Crippen molar-refractivity contribution in [3.05, 3.63) is 76.4 Å². The number of likely N-dealkylation sites (tertiary alicyclic amines) is 1. The van der Waals surface area contributed by atoms with Crippen molar-refractivity contribution in [1.29, 1.82) is 0 Å². The summed E-state index contributed by atoms with van der Waals surface area (Å²) in [6.45, 7) is 8.55. The number of benzene rings is 2. The Hall–Kier alpha value is -3.76. The van der Waals surface area contributed by atoms with Gasteiger partial charge in [-0.1, -0.05) is 13.0 Å². The third-order valence-electron chi connectivity index (χ3n) is 8.76. The highest BCUT2D eigenvalue weighted by atomic mass is 19.1. The molecule has 2 aliphatic heterocycles. The number of fused-ring (bicyclic) bond motifs is 1. The summed E-state index contributed by atoms with van der Waals surface area (Å²) < 4.78 is 26.4. The monoisotopic (exact) mass is 546 g/mol. The molecule has 4 aromatic rings. The molecular formula is C30H35FN6O3. The molecule has 2 fully saturated rings. The van der Waals surface area contributed by atoms with E-state index < -0.39 is 5.60 Å². The molecule has 40 heavy (non-hydrogen) atoms. The third kappa shape index (κ3) is 4.97. The first-order valence-electron chi connectivity index (χ1n) is 13.8. The minimum Gasteiger partial charge on any atom is -0.451 e. The number of ether oxygens (including phenoxy) is 2. The normalized spacial score (nSPS) is 20.9. The maximum Gasteiger partial charge on any atom is 0.323 e. The number of nitrogens with zero attached hydrogens (tertiary/aromatic N) is 4. The average Bonchev–Trinajstić information content (AvgIpc) is 3.67. The van der Waals surface area contributed by atoms with Crippen LogP contribution in [0.4, 0.5) is 10.2 Å². The number of anilines is 1. The Morgan fingerprint density at radius 2 is 1.90 bits per heavy atom. The van der Waals surface area contributed by atoms with Gasteiger partial charge in [-0.05, 0) is 68.6 Å². The van der Waals surface area contributed by atoms with Crippen molar-refractivity contribution in [3.8, 4) is 11.5 Å². The zero-order chi connectivity index (χ0) is 27.9. The minimum absolute atomic E-state index is 0.173. The van der Waals surface area contributed by atoms with Gasteiger partial charge in [-0.15, -0.1) is 0 Å². The van der Waals surface area contributed by atoms with Crippen molar-refractivity contribution >= 4 is 16.9 Å². The minimum atomic E-state index is -0.695. The molecule has 0 bridgehead atoms. The van der Waals surface area contributed by atoms with Gasteiger partial charge >= 0.3 is 5.69 Å². The standard InChI is InChI=1S/C30H35FN6O3/c1-4-29(2,39-3)22-14-21(31)6-8-25(22)40-26-15-32-19-33-27(26)37-12-10-30(18-37)9-11-36(17-30)16-20-5-7-23-24(13-20)35-28(38)34-23/h5-8,13-15,19H,4,9-12,16-18H2,1-3H3,(H2,34,35,38). The van der Waals surface area contributed by atoms with Crippen LogP contribution in [0.15, 0.2) is 53.7 Å². The summed E-state index contributed by atoms with van der Waals surface area (Å²) in [5, 5.41) is 0. The average molecular weight is 547 g/mol. The van der Waals surface area contributed by atoms with Crippen LogP contribution in [0.2, 0.25) is 0 Å². The van der Waals surface area contributed by atoms with Crippen molar-refractivity contribution < 1.29 is 13.9 Å². The van der Waals surface area contributed by atoms with Crippen LogP contribution in [0.25, 0.3) is 11.0 Å². The van der Waals surface area contributed by atoms with E-state index in [1.54, 1.807) is 25.7 Å². The highest BCUT2D eigenvalue weighted by molar-refractivity contribution is 5.75. The molecule has 9 nitrogen and oxygen atoms in total. The lowest BCUT2D eigenvalue weighted by Crippen LogP contribution is -2.31. The molecule has 210 valence electrons. The summed E-state index contributed by atoms with van der Waals surface area (Å²) >= 11 is 0. The van der Waals surface area contributed by atoms with Crippen LogP contribution in [0.1, 0.15) is 44.2 Å². The molecular weight excluding hydrogens is 511 g/mol. The van der Waals surface area contributed by atoms with Crippen molar-refractivity contribution in [1.82, 2.24) is 24.8 Å². The molecule has 10 heteroatoms. The van der Waals surface area contributed by atoms with Crippen LogP contribution in [-0.2, 0) is 16.9 Å². The van der Waals surface area contributed by atoms with Crippen LogP contribution < -0.4 is 15.3 Å². The highest BCUT2D eigenvalue weighted by Gasteiger charge is 2.44. The van der Waals surface area contributed by atoms with Crippen LogP contribution in [0.5, 0.6) is 11.5 Å². The van der Waals surface area contributed by atoms with Crippen LogP contribution >= 0.6 is 0 Å². The molecule has 2 unspecified atom stereocenters. The predicted octanol–water partition coefficient (Wildman–Crippen LogP) is 4.95.